The number of amides is 1. The van der Waals surface area contributed by atoms with Gasteiger partial charge < -0.3 is 10.2 Å². The smallest absolute Gasteiger partial charge is 0.222 e. The number of nitrogens with one attached hydrogen (secondary N) is 1. The maximum Gasteiger partial charge on any atom is 0.222 e. The molecule has 1 heterocycles. The number of hydrogen-bond donors (Lipinski definition) is 1. The Morgan fingerprint density at radius 2 is 2.36 bits per heavy atom. The molecular weight excluding hydrogens is 178 g/mol. The molecule has 1 fully saturated rings. The molecule has 0 radical (unpaired) electrons. The van der Waals surface area contributed by atoms with Crippen molar-refractivity contribution >= 4 is 5.91 Å². The summed E-state index contributed by atoms with van der Waals surface area (Å²) in [5, 5.41) is 3.35. The number of carbonyl (C=O) groups excluding carboxylic acids is 1. The molecule has 1 rings (SSSR count). The van der Waals surface area contributed by atoms with Crippen LogP contribution in [0.3, 0.4) is 0 Å². The Balaban J connectivity index is 2.38. The Kier molecular flexibility index (Phi) is 4.35. The molecule has 0 saturated carbocycles. The lowest BCUT2D eigenvalue weighted by Crippen LogP contribution is -2.54. The predicted molar refractivity (Wildman–Crippen MR) is 57.2 cm³/mol. The van der Waals surface area contributed by atoms with Crippen molar-refractivity contribution in [3.8, 4) is 0 Å². The van der Waals surface area contributed by atoms with Crippen LogP contribution < -0.4 is 5.32 Å². The van der Waals surface area contributed by atoms with Crippen molar-refractivity contribution in [2.75, 3.05) is 40.3 Å². The number of piperazine rings is 1. The van der Waals surface area contributed by atoms with Gasteiger partial charge in [0.25, 0.3) is 0 Å². The lowest BCUT2D eigenvalue weighted by molar-refractivity contribution is -0.130. The highest BCUT2D eigenvalue weighted by atomic mass is 16.2. The molecule has 1 saturated heterocycles. The molecule has 1 atom stereocenters. The van der Waals surface area contributed by atoms with E-state index < -0.39 is 0 Å². The van der Waals surface area contributed by atoms with Gasteiger partial charge in [-0.15, -0.1) is 0 Å². The highest BCUT2D eigenvalue weighted by Gasteiger charge is 2.21. The normalized spacial score (nSPS) is 23.5. The summed E-state index contributed by atoms with van der Waals surface area (Å²) in [6.07, 6.45) is 0.598. The van der Waals surface area contributed by atoms with Crippen LogP contribution in [0.25, 0.3) is 0 Å². The Morgan fingerprint density at radius 3 is 2.93 bits per heavy atom. The summed E-state index contributed by atoms with van der Waals surface area (Å²) in [6.45, 7) is 5.84. The summed E-state index contributed by atoms with van der Waals surface area (Å²) in [5.41, 5.74) is 0. The number of likely N-dealkylation sites (N-methyl/N-ethyl adjacent to an activating group) is 2. The van der Waals surface area contributed by atoms with Crippen LogP contribution in [0.15, 0.2) is 0 Å². The SMILES string of the molecule is CCC(=O)N(C)CC1CNCCN1C. The second-order valence-corrected chi connectivity index (χ2v) is 3.97. The van der Waals surface area contributed by atoms with Gasteiger partial charge in [-0.3, -0.25) is 9.69 Å². The van der Waals surface area contributed by atoms with Gasteiger partial charge in [0.05, 0.1) is 0 Å². The standard InChI is InChI=1S/C10H21N3O/c1-4-10(14)13(3)8-9-7-11-5-6-12(9)2/h9,11H,4-8H2,1-3H3. The fraction of sp³-hybridized carbons (Fsp3) is 0.900. The summed E-state index contributed by atoms with van der Waals surface area (Å²) in [6, 6.07) is 0.462. The van der Waals surface area contributed by atoms with Crippen LogP contribution in [0.1, 0.15) is 13.3 Å². The quantitative estimate of drug-likeness (QED) is 0.681. The van der Waals surface area contributed by atoms with Crippen LogP contribution in [0.5, 0.6) is 0 Å². The van der Waals surface area contributed by atoms with Gasteiger partial charge in [-0.25, -0.2) is 0 Å². The van der Waals surface area contributed by atoms with Crippen LogP contribution >= 0.6 is 0 Å². The van der Waals surface area contributed by atoms with Gasteiger partial charge >= 0.3 is 0 Å². The van der Waals surface area contributed by atoms with Gasteiger partial charge in [-0.2, -0.15) is 0 Å². The average molecular weight is 199 g/mol. The molecule has 1 aliphatic rings. The van der Waals surface area contributed by atoms with Crippen molar-refractivity contribution in [1.82, 2.24) is 15.1 Å². The van der Waals surface area contributed by atoms with Crippen molar-refractivity contribution < 1.29 is 4.79 Å². The van der Waals surface area contributed by atoms with Gasteiger partial charge in [0.1, 0.15) is 0 Å². The molecule has 1 aliphatic heterocycles. The van der Waals surface area contributed by atoms with Crippen LogP contribution in [0.4, 0.5) is 0 Å². The van der Waals surface area contributed by atoms with Gasteiger partial charge in [-0.05, 0) is 7.05 Å². The third-order valence-corrected chi connectivity index (χ3v) is 2.86. The molecule has 14 heavy (non-hydrogen) atoms. The van der Waals surface area contributed by atoms with Crippen molar-refractivity contribution in [3.63, 3.8) is 0 Å². The monoisotopic (exact) mass is 199 g/mol. The summed E-state index contributed by atoms with van der Waals surface area (Å²) in [7, 11) is 4.00. The molecule has 4 nitrogen and oxygen atoms in total. The average Bonchev–Trinajstić information content (AvgIpc) is 2.20. The summed E-state index contributed by atoms with van der Waals surface area (Å²) in [4.78, 5) is 15.5. The van der Waals surface area contributed by atoms with Gasteiger partial charge in [0.15, 0.2) is 0 Å². The fourth-order valence-corrected chi connectivity index (χ4v) is 1.75. The van der Waals surface area contributed by atoms with Crippen LogP contribution in [-0.4, -0.2) is 62.0 Å². The minimum absolute atomic E-state index is 0.226. The van der Waals surface area contributed by atoms with Crippen molar-refractivity contribution in [1.29, 1.82) is 0 Å². The number of carbonyl (C=O) groups is 1. The molecule has 0 spiro atoms. The topological polar surface area (TPSA) is 35.6 Å². The first-order valence-electron chi connectivity index (χ1n) is 5.30. The Labute approximate surface area is 86.2 Å². The lowest BCUT2D eigenvalue weighted by Gasteiger charge is -2.35. The highest BCUT2D eigenvalue weighted by Crippen LogP contribution is 2.02. The van der Waals surface area contributed by atoms with E-state index in [1.54, 1.807) is 0 Å². The molecule has 1 amide bonds. The predicted octanol–water partition coefficient (Wildman–Crippen LogP) is -0.242. The van der Waals surface area contributed by atoms with E-state index in [9.17, 15) is 4.79 Å². The molecule has 1 N–H and O–H groups in total. The molecule has 0 aromatic heterocycles. The van der Waals surface area contributed by atoms with Gasteiger partial charge in [0, 0.05) is 45.7 Å². The number of rotatable bonds is 3. The van der Waals surface area contributed by atoms with E-state index in [4.69, 9.17) is 0 Å². The number of nitrogens with zero attached hydrogens (tertiary/aromatic N) is 2. The van der Waals surface area contributed by atoms with E-state index in [0.29, 0.717) is 12.5 Å². The zero-order chi connectivity index (χ0) is 10.6. The second-order valence-electron chi connectivity index (χ2n) is 3.97. The zero-order valence-electron chi connectivity index (χ0n) is 9.42. The Hall–Kier alpha value is -0.610. The van der Waals surface area contributed by atoms with Gasteiger partial charge in [0.2, 0.25) is 5.91 Å². The van der Waals surface area contributed by atoms with E-state index >= 15 is 0 Å². The van der Waals surface area contributed by atoms with E-state index in [1.807, 2.05) is 18.9 Å². The molecular formula is C10H21N3O. The van der Waals surface area contributed by atoms with E-state index in [-0.39, 0.29) is 5.91 Å². The van der Waals surface area contributed by atoms with Crippen molar-refractivity contribution in [2.24, 2.45) is 0 Å². The molecule has 4 heteroatoms. The van der Waals surface area contributed by atoms with Crippen LogP contribution in [-0.2, 0) is 4.79 Å². The summed E-state index contributed by atoms with van der Waals surface area (Å²) >= 11 is 0. The number of hydrogen-bond acceptors (Lipinski definition) is 3. The van der Waals surface area contributed by atoms with Gasteiger partial charge in [-0.1, -0.05) is 6.92 Å². The van der Waals surface area contributed by atoms with Crippen LogP contribution in [0, 0.1) is 0 Å². The minimum atomic E-state index is 0.226. The lowest BCUT2D eigenvalue weighted by atomic mass is 10.2. The summed E-state index contributed by atoms with van der Waals surface area (Å²) in [5.74, 6) is 0.226. The maximum absolute atomic E-state index is 11.4. The van der Waals surface area contributed by atoms with E-state index in [0.717, 1.165) is 26.2 Å². The highest BCUT2D eigenvalue weighted by molar-refractivity contribution is 5.75. The molecule has 1 unspecified atom stereocenters. The zero-order valence-corrected chi connectivity index (χ0v) is 9.42. The molecule has 0 aromatic rings. The Bertz CT molecular complexity index is 196. The molecule has 0 bridgehead atoms. The van der Waals surface area contributed by atoms with E-state index in [2.05, 4.69) is 17.3 Å². The largest absolute Gasteiger partial charge is 0.344 e. The molecule has 82 valence electrons. The minimum Gasteiger partial charge on any atom is -0.344 e. The molecule has 0 aliphatic carbocycles. The summed E-state index contributed by atoms with van der Waals surface area (Å²) < 4.78 is 0. The first-order valence-corrected chi connectivity index (χ1v) is 5.30. The third kappa shape index (κ3) is 2.96. The third-order valence-electron chi connectivity index (χ3n) is 2.86. The van der Waals surface area contributed by atoms with E-state index in [1.165, 1.54) is 0 Å². The van der Waals surface area contributed by atoms with Crippen molar-refractivity contribution in [2.45, 2.75) is 19.4 Å². The van der Waals surface area contributed by atoms with Crippen LogP contribution in [0.2, 0.25) is 0 Å². The first-order chi connectivity index (χ1) is 6.65. The second kappa shape index (κ2) is 5.32. The Morgan fingerprint density at radius 1 is 1.64 bits per heavy atom. The first kappa shape index (κ1) is 11.5. The fourth-order valence-electron chi connectivity index (χ4n) is 1.75. The maximum atomic E-state index is 11.4. The molecule has 0 aromatic carbocycles. The van der Waals surface area contributed by atoms with Crippen molar-refractivity contribution in [3.05, 3.63) is 0 Å².